The third-order valence-electron chi connectivity index (χ3n) is 2.33. The van der Waals surface area contributed by atoms with Crippen molar-refractivity contribution < 1.29 is 0 Å². The zero-order valence-corrected chi connectivity index (χ0v) is 9.27. The number of hydrogen-bond acceptors (Lipinski definition) is 0. The Hall–Kier alpha value is -0.780. The van der Waals surface area contributed by atoms with Crippen molar-refractivity contribution in [2.24, 2.45) is 0 Å². The van der Waals surface area contributed by atoms with E-state index in [0.717, 1.165) is 6.42 Å². The second-order valence-electron chi connectivity index (χ2n) is 3.38. The average Bonchev–Trinajstić information content (AvgIpc) is 2.16. The first-order valence-corrected chi connectivity index (χ1v) is 5.15. The van der Waals surface area contributed by atoms with Crippen molar-refractivity contribution in [1.82, 2.24) is 0 Å². The van der Waals surface area contributed by atoms with Crippen LogP contribution in [0.2, 0.25) is 0 Å². The summed E-state index contributed by atoms with van der Waals surface area (Å²) in [4.78, 5) is 0. The highest BCUT2D eigenvalue weighted by Crippen LogP contribution is 2.12. The van der Waals surface area contributed by atoms with Crippen LogP contribution < -0.4 is 0 Å². The Bertz CT molecular complexity index is 194. The van der Waals surface area contributed by atoms with Gasteiger partial charge in [0.25, 0.3) is 0 Å². The van der Waals surface area contributed by atoms with Gasteiger partial charge in [0.05, 0.1) is 0 Å². The molecule has 0 saturated carbocycles. The molecule has 0 nitrogen and oxygen atoms in total. The van der Waals surface area contributed by atoms with Crippen LogP contribution in [0.4, 0.5) is 0 Å². The number of hydrogen-bond donors (Lipinski definition) is 0. The van der Waals surface area contributed by atoms with Crippen LogP contribution in [-0.4, -0.2) is 0 Å². The number of allylic oxidation sites excluding steroid dienone is 5. The third kappa shape index (κ3) is 6.39. The lowest BCUT2D eigenvalue weighted by Gasteiger charge is -2.01. The van der Waals surface area contributed by atoms with Gasteiger partial charge in [0.15, 0.2) is 0 Å². The van der Waals surface area contributed by atoms with Crippen molar-refractivity contribution in [3.05, 3.63) is 36.0 Å². The molecule has 13 heavy (non-hydrogen) atoms. The molecule has 0 fully saturated rings. The van der Waals surface area contributed by atoms with Gasteiger partial charge in [-0.25, -0.2) is 0 Å². The molecule has 0 aliphatic carbocycles. The summed E-state index contributed by atoms with van der Waals surface area (Å²) in [6.45, 7) is 10.3. The van der Waals surface area contributed by atoms with Gasteiger partial charge in [0.1, 0.15) is 0 Å². The Labute approximate surface area is 83.0 Å². The molecule has 0 heterocycles. The largest absolute Gasteiger partial charge is 0.103 e. The zero-order chi connectivity index (χ0) is 10.1. The molecular weight excluding hydrogens is 156 g/mol. The maximum Gasteiger partial charge on any atom is -0.0142 e. The summed E-state index contributed by atoms with van der Waals surface area (Å²) < 4.78 is 0. The summed E-state index contributed by atoms with van der Waals surface area (Å²) >= 11 is 0. The fourth-order valence-electron chi connectivity index (χ4n) is 1.20. The number of rotatable bonds is 6. The van der Waals surface area contributed by atoms with Crippen LogP contribution in [0.3, 0.4) is 0 Å². The van der Waals surface area contributed by atoms with Gasteiger partial charge in [-0.1, -0.05) is 36.3 Å². The minimum absolute atomic E-state index is 1.04. The van der Waals surface area contributed by atoms with Gasteiger partial charge in [0.2, 0.25) is 0 Å². The molecule has 0 rings (SSSR count). The summed E-state index contributed by atoms with van der Waals surface area (Å²) in [7, 11) is 0. The van der Waals surface area contributed by atoms with Crippen molar-refractivity contribution >= 4 is 0 Å². The minimum atomic E-state index is 1.04. The van der Waals surface area contributed by atoms with Crippen molar-refractivity contribution in [1.29, 1.82) is 0 Å². The van der Waals surface area contributed by atoms with E-state index in [9.17, 15) is 0 Å². The van der Waals surface area contributed by atoms with Crippen LogP contribution in [0.5, 0.6) is 0 Å². The Kier molecular flexibility index (Phi) is 7.38. The van der Waals surface area contributed by atoms with E-state index in [-0.39, 0.29) is 0 Å². The predicted molar refractivity (Wildman–Crippen MR) is 61.9 cm³/mol. The molecule has 0 N–H and O–H groups in total. The molecule has 0 aromatic carbocycles. The van der Waals surface area contributed by atoms with E-state index in [2.05, 4.69) is 39.5 Å². The monoisotopic (exact) mass is 178 g/mol. The van der Waals surface area contributed by atoms with Gasteiger partial charge in [-0.3, -0.25) is 0 Å². The van der Waals surface area contributed by atoms with E-state index in [1.165, 1.54) is 30.4 Å². The molecule has 0 aliphatic heterocycles. The van der Waals surface area contributed by atoms with Crippen LogP contribution in [0.15, 0.2) is 36.0 Å². The van der Waals surface area contributed by atoms with Crippen LogP contribution in [0.25, 0.3) is 0 Å². The molecule has 0 spiro atoms. The SMILES string of the molecule is C=CCC(=CC)CC/C=C(\C)CC. The van der Waals surface area contributed by atoms with Crippen LogP contribution in [-0.2, 0) is 0 Å². The van der Waals surface area contributed by atoms with Gasteiger partial charge in [-0.05, 0) is 39.5 Å². The average molecular weight is 178 g/mol. The first kappa shape index (κ1) is 12.2. The van der Waals surface area contributed by atoms with Crippen molar-refractivity contribution in [2.45, 2.75) is 46.5 Å². The standard InChI is InChI=1S/C13H22/c1-5-9-13(7-3)11-8-10-12(4)6-2/h5,7,10H,1,6,8-9,11H2,2-4H3/b12-10+,13-7?. The molecule has 0 bridgehead atoms. The smallest absolute Gasteiger partial charge is 0.0142 e. The normalized spacial score (nSPS) is 13.2. The Morgan fingerprint density at radius 3 is 2.54 bits per heavy atom. The highest BCUT2D eigenvalue weighted by molar-refractivity contribution is 5.07. The first-order chi connectivity index (χ1) is 6.24. The fraction of sp³-hybridized carbons (Fsp3) is 0.538. The lowest BCUT2D eigenvalue weighted by atomic mass is 10.1. The quantitative estimate of drug-likeness (QED) is 0.519. The van der Waals surface area contributed by atoms with E-state index >= 15 is 0 Å². The molecule has 0 amide bonds. The maximum absolute atomic E-state index is 3.75. The molecule has 0 heteroatoms. The molecule has 0 radical (unpaired) electrons. The highest BCUT2D eigenvalue weighted by Gasteiger charge is 1.92. The summed E-state index contributed by atoms with van der Waals surface area (Å²) in [6.07, 6.45) is 11.1. The Morgan fingerprint density at radius 2 is 2.08 bits per heavy atom. The van der Waals surface area contributed by atoms with Crippen LogP contribution in [0.1, 0.15) is 46.5 Å². The topological polar surface area (TPSA) is 0 Å². The van der Waals surface area contributed by atoms with Crippen molar-refractivity contribution in [2.75, 3.05) is 0 Å². The summed E-state index contributed by atoms with van der Waals surface area (Å²) in [5.74, 6) is 0. The first-order valence-electron chi connectivity index (χ1n) is 5.15. The van der Waals surface area contributed by atoms with E-state index in [1.54, 1.807) is 0 Å². The van der Waals surface area contributed by atoms with Crippen LogP contribution in [0, 0.1) is 0 Å². The summed E-state index contributed by atoms with van der Waals surface area (Å²) in [5.41, 5.74) is 2.99. The molecule has 0 atom stereocenters. The molecule has 74 valence electrons. The second-order valence-corrected chi connectivity index (χ2v) is 3.38. The summed E-state index contributed by atoms with van der Waals surface area (Å²) in [5, 5.41) is 0. The molecule has 0 aliphatic rings. The van der Waals surface area contributed by atoms with Gasteiger partial charge in [-0.2, -0.15) is 0 Å². The lowest BCUT2D eigenvalue weighted by molar-refractivity contribution is 0.919. The third-order valence-corrected chi connectivity index (χ3v) is 2.33. The summed E-state index contributed by atoms with van der Waals surface area (Å²) in [6, 6.07) is 0. The van der Waals surface area contributed by atoms with E-state index in [4.69, 9.17) is 0 Å². The molecule has 0 saturated heterocycles. The fourth-order valence-corrected chi connectivity index (χ4v) is 1.20. The van der Waals surface area contributed by atoms with E-state index in [0.29, 0.717) is 0 Å². The van der Waals surface area contributed by atoms with E-state index in [1.807, 2.05) is 6.08 Å². The maximum atomic E-state index is 3.75. The van der Waals surface area contributed by atoms with Crippen LogP contribution >= 0.6 is 0 Å². The molecule has 0 aromatic rings. The molecule has 0 unspecified atom stereocenters. The Balaban J connectivity index is 3.80. The lowest BCUT2D eigenvalue weighted by Crippen LogP contribution is -1.81. The highest BCUT2D eigenvalue weighted by atomic mass is 14.0. The van der Waals surface area contributed by atoms with E-state index < -0.39 is 0 Å². The minimum Gasteiger partial charge on any atom is -0.103 e. The van der Waals surface area contributed by atoms with Crippen molar-refractivity contribution in [3.8, 4) is 0 Å². The van der Waals surface area contributed by atoms with Crippen molar-refractivity contribution in [3.63, 3.8) is 0 Å². The molecular formula is C13H22. The predicted octanol–water partition coefficient (Wildman–Crippen LogP) is 4.65. The van der Waals surface area contributed by atoms with Gasteiger partial charge >= 0.3 is 0 Å². The van der Waals surface area contributed by atoms with Gasteiger partial charge < -0.3 is 0 Å². The van der Waals surface area contributed by atoms with Gasteiger partial charge in [-0.15, -0.1) is 6.58 Å². The zero-order valence-electron chi connectivity index (χ0n) is 9.27. The van der Waals surface area contributed by atoms with Gasteiger partial charge in [0, 0.05) is 0 Å². The molecule has 0 aromatic heterocycles. The Morgan fingerprint density at radius 1 is 1.38 bits per heavy atom. The second kappa shape index (κ2) is 7.85.